The quantitative estimate of drug-likeness (QED) is 0.486. The fraction of sp³-hybridized carbons (Fsp3) is 0.217. The molecule has 0 aliphatic heterocycles. The summed E-state index contributed by atoms with van der Waals surface area (Å²) in [6, 6.07) is 13.4. The number of nitrogens with two attached hydrogens (primary N) is 2. The van der Waals surface area contributed by atoms with Crippen molar-refractivity contribution in [3.63, 3.8) is 0 Å². The van der Waals surface area contributed by atoms with Gasteiger partial charge >= 0.3 is 0 Å². The van der Waals surface area contributed by atoms with E-state index in [9.17, 15) is 5.26 Å². The summed E-state index contributed by atoms with van der Waals surface area (Å²) in [5, 5.41) is 17.6. The van der Waals surface area contributed by atoms with Crippen molar-refractivity contribution in [2.24, 2.45) is 5.73 Å². The van der Waals surface area contributed by atoms with Crippen LogP contribution in [0.1, 0.15) is 38.1 Å². The van der Waals surface area contributed by atoms with E-state index in [0.29, 0.717) is 17.3 Å². The maximum Gasteiger partial charge on any atom is 0.270 e. The second-order valence-electron chi connectivity index (χ2n) is 7.98. The van der Waals surface area contributed by atoms with Gasteiger partial charge in [0.05, 0.1) is 29.1 Å². The van der Waals surface area contributed by atoms with E-state index in [1.165, 1.54) is 0 Å². The molecule has 0 amide bonds. The minimum atomic E-state index is -0.737. The Labute approximate surface area is 185 Å². The fourth-order valence-corrected chi connectivity index (χ4v) is 3.05. The van der Waals surface area contributed by atoms with E-state index in [0.717, 1.165) is 16.7 Å². The molecule has 0 bridgehead atoms. The summed E-state index contributed by atoms with van der Waals surface area (Å²) in [6.07, 6.45) is 3.19. The number of nitrogens with zero attached hydrogens (tertiary/aromatic N) is 6. The van der Waals surface area contributed by atoms with Crippen molar-refractivity contribution in [1.29, 1.82) is 5.26 Å². The Morgan fingerprint density at radius 3 is 2.44 bits per heavy atom. The molecule has 0 spiro atoms. The van der Waals surface area contributed by atoms with Crippen molar-refractivity contribution in [2.75, 3.05) is 5.73 Å². The molecule has 32 heavy (non-hydrogen) atoms. The molecule has 0 radical (unpaired) electrons. The smallest absolute Gasteiger partial charge is 0.270 e. The third-order valence-electron chi connectivity index (χ3n) is 5.09. The SMILES string of the molecule is C[C@H](N)c1ccc(-c2nnc(-c3nc(-c4ccnc(C(C)(C)C#N)c4)cnc3N)o2)cc1. The van der Waals surface area contributed by atoms with E-state index in [4.69, 9.17) is 15.9 Å². The van der Waals surface area contributed by atoms with E-state index in [-0.39, 0.29) is 23.4 Å². The van der Waals surface area contributed by atoms with E-state index in [1.807, 2.05) is 37.3 Å². The molecule has 9 heteroatoms. The number of anilines is 1. The van der Waals surface area contributed by atoms with Gasteiger partial charge in [-0.25, -0.2) is 9.97 Å². The molecule has 4 rings (SSSR count). The molecular formula is C23H22N8O. The van der Waals surface area contributed by atoms with E-state index in [1.54, 1.807) is 32.3 Å². The molecule has 0 saturated carbocycles. The average molecular weight is 426 g/mol. The minimum absolute atomic E-state index is 0.0625. The number of rotatable bonds is 5. The molecule has 0 saturated heterocycles. The first-order valence-corrected chi connectivity index (χ1v) is 9.99. The molecular weight excluding hydrogens is 404 g/mol. The minimum Gasteiger partial charge on any atom is -0.414 e. The first kappa shape index (κ1) is 21.1. The summed E-state index contributed by atoms with van der Waals surface area (Å²) in [4.78, 5) is 13.2. The van der Waals surface area contributed by atoms with Gasteiger partial charge in [-0.1, -0.05) is 12.1 Å². The second kappa shape index (κ2) is 8.17. The van der Waals surface area contributed by atoms with Gasteiger partial charge in [0.2, 0.25) is 5.89 Å². The van der Waals surface area contributed by atoms with Crippen molar-refractivity contribution >= 4 is 5.82 Å². The second-order valence-corrected chi connectivity index (χ2v) is 7.98. The lowest BCUT2D eigenvalue weighted by Crippen LogP contribution is -2.15. The molecule has 4 N–H and O–H groups in total. The Morgan fingerprint density at radius 2 is 1.75 bits per heavy atom. The Morgan fingerprint density at radius 1 is 1.03 bits per heavy atom. The van der Waals surface area contributed by atoms with Crippen LogP contribution in [0, 0.1) is 11.3 Å². The molecule has 0 aliphatic rings. The summed E-state index contributed by atoms with van der Waals surface area (Å²) < 4.78 is 5.83. The molecule has 9 nitrogen and oxygen atoms in total. The predicted molar refractivity (Wildman–Crippen MR) is 120 cm³/mol. The lowest BCUT2D eigenvalue weighted by atomic mass is 9.90. The number of benzene rings is 1. The number of hydrogen-bond acceptors (Lipinski definition) is 9. The third kappa shape index (κ3) is 4.04. The number of nitrogen functional groups attached to an aromatic ring is 1. The van der Waals surface area contributed by atoms with Gasteiger partial charge in [-0.15, -0.1) is 10.2 Å². The van der Waals surface area contributed by atoms with Crippen LogP contribution in [0.25, 0.3) is 34.3 Å². The number of aromatic nitrogens is 5. The summed E-state index contributed by atoms with van der Waals surface area (Å²) in [5.74, 6) is 0.669. The van der Waals surface area contributed by atoms with Gasteiger partial charge in [-0.2, -0.15) is 5.26 Å². The summed E-state index contributed by atoms with van der Waals surface area (Å²) in [6.45, 7) is 5.53. The maximum atomic E-state index is 9.41. The van der Waals surface area contributed by atoms with Gasteiger partial charge in [0.15, 0.2) is 11.5 Å². The van der Waals surface area contributed by atoms with Crippen LogP contribution in [0.15, 0.2) is 53.2 Å². The van der Waals surface area contributed by atoms with Crippen LogP contribution in [-0.4, -0.2) is 25.1 Å². The first-order valence-electron chi connectivity index (χ1n) is 9.99. The zero-order valence-corrected chi connectivity index (χ0v) is 17.9. The van der Waals surface area contributed by atoms with Crippen LogP contribution in [-0.2, 0) is 5.41 Å². The molecule has 3 heterocycles. The Balaban J connectivity index is 1.69. The van der Waals surface area contributed by atoms with Crippen molar-refractivity contribution < 1.29 is 4.42 Å². The van der Waals surface area contributed by atoms with Gasteiger partial charge in [-0.3, -0.25) is 4.98 Å². The third-order valence-corrected chi connectivity index (χ3v) is 5.09. The van der Waals surface area contributed by atoms with Gasteiger partial charge in [-0.05, 0) is 50.6 Å². The van der Waals surface area contributed by atoms with Crippen molar-refractivity contribution in [1.82, 2.24) is 25.1 Å². The van der Waals surface area contributed by atoms with Crippen LogP contribution in [0.4, 0.5) is 5.82 Å². The predicted octanol–water partition coefficient (Wildman–Crippen LogP) is 3.66. The monoisotopic (exact) mass is 426 g/mol. The van der Waals surface area contributed by atoms with Crippen LogP contribution in [0.2, 0.25) is 0 Å². The lowest BCUT2D eigenvalue weighted by Gasteiger charge is -2.15. The standard InChI is InChI=1S/C23H22N8O/c1-13(25)14-4-6-15(7-5-14)21-30-31-22(32-21)19-20(26)28-11-17(29-19)16-8-9-27-18(10-16)23(2,3)12-24/h4-11,13H,25H2,1-3H3,(H2,26,28)/t13-/m0/s1. The zero-order valence-electron chi connectivity index (χ0n) is 17.9. The average Bonchev–Trinajstić information content (AvgIpc) is 3.29. The summed E-state index contributed by atoms with van der Waals surface area (Å²) >= 11 is 0. The molecule has 4 aromatic rings. The molecule has 1 atom stereocenters. The molecule has 3 aromatic heterocycles. The van der Waals surface area contributed by atoms with E-state index >= 15 is 0 Å². The van der Waals surface area contributed by atoms with Gasteiger partial charge in [0.1, 0.15) is 0 Å². The van der Waals surface area contributed by atoms with Crippen LogP contribution in [0.3, 0.4) is 0 Å². The highest BCUT2D eigenvalue weighted by atomic mass is 16.4. The highest BCUT2D eigenvalue weighted by Crippen LogP contribution is 2.29. The van der Waals surface area contributed by atoms with Crippen LogP contribution < -0.4 is 11.5 Å². The van der Waals surface area contributed by atoms with Crippen molar-refractivity contribution in [3.05, 3.63) is 60.0 Å². The van der Waals surface area contributed by atoms with Gasteiger partial charge in [0, 0.05) is 23.4 Å². The summed E-state index contributed by atoms with van der Waals surface area (Å²) in [5.41, 5.74) is 15.2. The summed E-state index contributed by atoms with van der Waals surface area (Å²) in [7, 11) is 0. The number of nitriles is 1. The van der Waals surface area contributed by atoms with Gasteiger partial charge in [0.25, 0.3) is 5.89 Å². The van der Waals surface area contributed by atoms with Crippen LogP contribution in [0.5, 0.6) is 0 Å². The molecule has 1 aromatic carbocycles. The van der Waals surface area contributed by atoms with Crippen LogP contribution >= 0.6 is 0 Å². The highest BCUT2D eigenvalue weighted by molar-refractivity contribution is 5.69. The molecule has 0 unspecified atom stereocenters. The maximum absolute atomic E-state index is 9.41. The topological polar surface area (TPSA) is 153 Å². The normalized spacial score (nSPS) is 12.3. The van der Waals surface area contributed by atoms with E-state index in [2.05, 4.69) is 31.2 Å². The Hall–Kier alpha value is -4.16. The Kier molecular flexibility index (Phi) is 5.38. The van der Waals surface area contributed by atoms with Crippen molar-refractivity contribution in [2.45, 2.75) is 32.2 Å². The number of pyridine rings is 1. The first-order chi connectivity index (χ1) is 15.3. The van der Waals surface area contributed by atoms with Crippen molar-refractivity contribution in [3.8, 4) is 40.4 Å². The lowest BCUT2D eigenvalue weighted by molar-refractivity contribution is 0.582. The fourth-order valence-electron chi connectivity index (χ4n) is 3.05. The molecule has 0 aliphatic carbocycles. The van der Waals surface area contributed by atoms with Gasteiger partial charge < -0.3 is 15.9 Å². The molecule has 160 valence electrons. The number of hydrogen-bond donors (Lipinski definition) is 2. The Bertz CT molecular complexity index is 1300. The molecule has 0 fully saturated rings. The van der Waals surface area contributed by atoms with E-state index < -0.39 is 5.41 Å². The highest BCUT2D eigenvalue weighted by Gasteiger charge is 2.23. The largest absolute Gasteiger partial charge is 0.414 e. The zero-order chi connectivity index (χ0) is 22.9.